The minimum Gasteiger partial charge on any atom is -0.294 e. The van der Waals surface area contributed by atoms with Gasteiger partial charge in [0.15, 0.2) is 11.6 Å². The van der Waals surface area contributed by atoms with Gasteiger partial charge in [0, 0.05) is 39.9 Å². The number of hydrogen-bond acceptors (Lipinski definition) is 4. The minimum atomic E-state index is -0.451. The van der Waals surface area contributed by atoms with Crippen molar-refractivity contribution in [2.75, 3.05) is 0 Å². The number of halogens is 1. The van der Waals surface area contributed by atoms with Gasteiger partial charge in [0.2, 0.25) is 0 Å². The van der Waals surface area contributed by atoms with Gasteiger partial charge in [-0.1, -0.05) is 60.1 Å². The zero-order valence-corrected chi connectivity index (χ0v) is 19.2. The van der Waals surface area contributed by atoms with Gasteiger partial charge < -0.3 is 0 Å². The highest BCUT2D eigenvalue weighted by atomic mass is 35.5. The van der Waals surface area contributed by atoms with Crippen LogP contribution in [0.3, 0.4) is 0 Å². The third kappa shape index (κ3) is 5.05. The molecule has 2 heterocycles. The number of nitrogens with one attached hydrogen (secondary N) is 2. The third-order valence-electron chi connectivity index (χ3n) is 5.46. The van der Waals surface area contributed by atoms with Crippen LogP contribution in [-0.4, -0.2) is 30.7 Å². The largest absolute Gasteiger partial charge is 0.340 e. The minimum absolute atomic E-state index is 0.0210. The van der Waals surface area contributed by atoms with Crippen LogP contribution in [0.15, 0.2) is 95.9 Å². The van der Waals surface area contributed by atoms with Gasteiger partial charge in [-0.3, -0.25) is 9.78 Å². The summed E-state index contributed by atoms with van der Waals surface area (Å²) in [6.07, 6.45) is 3.76. The van der Waals surface area contributed by atoms with E-state index in [1.807, 2.05) is 72.9 Å². The Morgan fingerprint density at radius 1 is 0.943 bits per heavy atom. The average Bonchev–Trinajstić information content (AvgIpc) is 3.51. The van der Waals surface area contributed by atoms with Crippen LogP contribution >= 0.6 is 11.6 Å². The number of carbonyl (C=O) groups is 1. The fourth-order valence-corrected chi connectivity index (χ4v) is 3.88. The maximum absolute atomic E-state index is 13.1. The number of aromatic nitrogens is 5. The van der Waals surface area contributed by atoms with Gasteiger partial charge in [-0.25, -0.2) is 14.6 Å². The molecular weight excluding hydrogens is 462 g/mol. The number of rotatable bonds is 7. The molecule has 2 N–H and O–H groups in total. The van der Waals surface area contributed by atoms with E-state index in [0.717, 1.165) is 22.5 Å². The van der Waals surface area contributed by atoms with E-state index in [2.05, 4.69) is 15.2 Å². The first-order valence-electron chi connectivity index (χ1n) is 10.9. The molecular formula is C27H20ClN5O2. The number of para-hydroxylation sites is 1. The van der Waals surface area contributed by atoms with Gasteiger partial charge in [0.05, 0.1) is 11.4 Å². The maximum Gasteiger partial charge on any atom is 0.340 e. The molecule has 2 aromatic heterocycles. The number of benzene rings is 3. The Hall–Kier alpha value is -4.49. The summed E-state index contributed by atoms with van der Waals surface area (Å²) in [5.74, 6) is 0.164. The topological polar surface area (TPSA) is 96.4 Å². The summed E-state index contributed by atoms with van der Waals surface area (Å²) in [4.78, 5) is 27.6. The quantitative estimate of drug-likeness (QED) is 0.303. The number of carbonyl (C=O) groups excluding carboxylic acids is 1. The normalized spacial score (nSPS) is 11.5. The third-order valence-corrected chi connectivity index (χ3v) is 5.71. The van der Waals surface area contributed by atoms with Crippen LogP contribution in [0.1, 0.15) is 28.2 Å². The molecule has 0 radical (unpaired) electrons. The highest BCUT2D eigenvalue weighted by molar-refractivity contribution is 6.30. The lowest BCUT2D eigenvalue weighted by Crippen LogP contribution is -2.04. The van der Waals surface area contributed by atoms with Crippen molar-refractivity contribution in [1.82, 2.24) is 25.0 Å². The smallest absolute Gasteiger partial charge is 0.294 e. The van der Waals surface area contributed by atoms with E-state index in [9.17, 15) is 9.59 Å². The molecule has 172 valence electrons. The van der Waals surface area contributed by atoms with Crippen LogP contribution in [0.5, 0.6) is 0 Å². The Labute approximate surface area is 205 Å². The van der Waals surface area contributed by atoms with Gasteiger partial charge in [-0.2, -0.15) is 10.2 Å². The SMILES string of the molecule is O=C(C/C(=C\c1cn(-c2ccccc2)nc1-c1ccccc1)c1n[nH]c(=O)[nH]1)c1ccc(Cl)cc1. The van der Waals surface area contributed by atoms with Crippen molar-refractivity contribution in [3.05, 3.63) is 124 Å². The van der Waals surface area contributed by atoms with Crippen LogP contribution in [0, 0.1) is 0 Å². The van der Waals surface area contributed by atoms with E-state index in [4.69, 9.17) is 16.7 Å². The lowest BCUT2D eigenvalue weighted by molar-refractivity contribution is 0.0998. The average molecular weight is 482 g/mol. The second-order valence-electron chi connectivity index (χ2n) is 7.88. The van der Waals surface area contributed by atoms with E-state index in [1.165, 1.54) is 0 Å². The standard InChI is InChI=1S/C27H20ClN5O2/c28-22-13-11-18(12-14-22)24(34)16-20(26-29-27(35)31-30-26)15-21-17-33(23-9-5-2-6-10-23)32-25(21)19-7-3-1-4-8-19/h1-15,17H,16H2,(H2,29,30,31,35)/b20-15+. The molecule has 3 aromatic carbocycles. The number of H-pyrrole nitrogens is 2. The molecule has 0 aliphatic rings. The predicted molar refractivity (Wildman–Crippen MR) is 136 cm³/mol. The number of ketones is 1. The number of Topliss-reactive ketones (excluding diaryl/α,β-unsaturated/α-hetero) is 1. The van der Waals surface area contributed by atoms with Crippen molar-refractivity contribution >= 4 is 29.0 Å². The molecule has 35 heavy (non-hydrogen) atoms. The first-order chi connectivity index (χ1) is 17.1. The Morgan fingerprint density at radius 2 is 1.63 bits per heavy atom. The molecule has 7 nitrogen and oxygen atoms in total. The Balaban J connectivity index is 1.62. The summed E-state index contributed by atoms with van der Waals surface area (Å²) in [6.45, 7) is 0. The Kier molecular flexibility index (Phi) is 6.24. The first kappa shape index (κ1) is 22.3. The van der Waals surface area contributed by atoms with E-state index in [1.54, 1.807) is 28.9 Å². The summed E-state index contributed by atoms with van der Waals surface area (Å²) in [5, 5.41) is 11.8. The Bertz CT molecular complexity index is 1550. The number of hydrogen-bond donors (Lipinski definition) is 2. The van der Waals surface area contributed by atoms with Crippen LogP contribution in [0.25, 0.3) is 28.6 Å². The van der Waals surface area contributed by atoms with Crippen molar-refractivity contribution in [3.63, 3.8) is 0 Å². The van der Waals surface area contributed by atoms with Crippen molar-refractivity contribution in [1.29, 1.82) is 0 Å². The first-order valence-corrected chi connectivity index (χ1v) is 11.3. The highest BCUT2D eigenvalue weighted by Gasteiger charge is 2.17. The molecule has 0 bridgehead atoms. The van der Waals surface area contributed by atoms with Crippen LogP contribution in [0.4, 0.5) is 0 Å². The molecule has 0 fully saturated rings. The van der Waals surface area contributed by atoms with Crippen LogP contribution in [-0.2, 0) is 0 Å². The molecule has 0 saturated carbocycles. The zero-order valence-electron chi connectivity index (χ0n) is 18.5. The van der Waals surface area contributed by atoms with Crippen molar-refractivity contribution in [2.24, 2.45) is 0 Å². The van der Waals surface area contributed by atoms with E-state index < -0.39 is 5.69 Å². The zero-order chi connectivity index (χ0) is 24.2. The molecule has 0 spiro atoms. The fraction of sp³-hybridized carbons (Fsp3) is 0.0370. The lowest BCUT2D eigenvalue weighted by atomic mass is 9.99. The molecule has 0 amide bonds. The van der Waals surface area contributed by atoms with Crippen LogP contribution in [0.2, 0.25) is 5.02 Å². The second kappa shape index (κ2) is 9.79. The molecule has 0 unspecified atom stereocenters. The van der Waals surface area contributed by atoms with E-state index in [-0.39, 0.29) is 12.2 Å². The number of nitrogens with zero attached hydrogens (tertiary/aromatic N) is 3. The summed E-state index contributed by atoms with van der Waals surface area (Å²) in [6, 6.07) is 26.2. The molecule has 5 aromatic rings. The van der Waals surface area contributed by atoms with E-state index >= 15 is 0 Å². The van der Waals surface area contributed by atoms with Crippen molar-refractivity contribution in [2.45, 2.75) is 6.42 Å². The molecule has 5 rings (SSSR count). The van der Waals surface area contributed by atoms with Gasteiger partial charge in [0.1, 0.15) is 0 Å². The highest BCUT2D eigenvalue weighted by Crippen LogP contribution is 2.29. The van der Waals surface area contributed by atoms with Gasteiger partial charge >= 0.3 is 5.69 Å². The van der Waals surface area contributed by atoms with Crippen LogP contribution < -0.4 is 5.69 Å². The van der Waals surface area contributed by atoms with Gasteiger partial charge in [-0.05, 0) is 42.5 Å². The summed E-state index contributed by atoms with van der Waals surface area (Å²) < 4.78 is 1.79. The van der Waals surface area contributed by atoms with Gasteiger partial charge in [0.25, 0.3) is 0 Å². The molecule has 0 saturated heterocycles. The summed E-state index contributed by atoms with van der Waals surface area (Å²) in [5.41, 5.74) is 3.96. The molecule has 0 aliphatic carbocycles. The van der Waals surface area contributed by atoms with Crippen molar-refractivity contribution < 1.29 is 4.79 Å². The Morgan fingerprint density at radius 3 is 2.29 bits per heavy atom. The molecule has 0 atom stereocenters. The predicted octanol–water partition coefficient (Wildman–Crippen LogP) is 5.42. The summed E-state index contributed by atoms with van der Waals surface area (Å²) in [7, 11) is 0. The van der Waals surface area contributed by atoms with E-state index in [0.29, 0.717) is 22.0 Å². The molecule has 8 heteroatoms. The lowest BCUT2D eigenvalue weighted by Gasteiger charge is -2.05. The summed E-state index contributed by atoms with van der Waals surface area (Å²) >= 11 is 5.97. The fourth-order valence-electron chi connectivity index (χ4n) is 3.75. The monoisotopic (exact) mass is 481 g/mol. The number of aromatic amines is 2. The molecule has 0 aliphatic heterocycles. The maximum atomic E-state index is 13.1. The second-order valence-corrected chi connectivity index (χ2v) is 8.32. The number of allylic oxidation sites excluding steroid dienone is 1. The van der Waals surface area contributed by atoms with Crippen molar-refractivity contribution in [3.8, 4) is 16.9 Å². The van der Waals surface area contributed by atoms with Gasteiger partial charge in [-0.15, -0.1) is 0 Å².